The van der Waals surface area contributed by atoms with Gasteiger partial charge >= 0.3 is 6.18 Å². The lowest BCUT2D eigenvalue weighted by molar-refractivity contribution is -0.137. The van der Waals surface area contributed by atoms with Crippen LogP contribution < -0.4 is 11.0 Å². The van der Waals surface area contributed by atoms with Gasteiger partial charge in [-0.15, -0.1) is 0 Å². The van der Waals surface area contributed by atoms with Crippen molar-refractivity contribution in [3.8, 4) is 11.1 Å². The number of hydrogen-bond acceptors (Lipinski definition) is 4. The molecule has 4 nitrogen and oxygen atoms in total. The minimum atomic E-state index is -4.44. The lowest BCUT2D eigenvalue weighted by Gasteiger charge is -2.11. The maximum Gasteiger partial charge on any atom is 0.416 e. The van der Waals surface area contributed by atoms with Gasteiger partial charge in [-0.2, -0.15) is 13.2 Å². The van der Waals surface area contributed by atoms with Crippen molar-refractivity contribution in [3.63, 3.8) is 0 Å². The summed E-state index contributed by atoms with van der Waals surface area (Å²) in [6.45, 7) is 3.31. The Labute approximate surface area is 178 Å². The Hall–Kier alpha value is -2.92. The highest BCUT2D eigenvalue weighted by atomic mass is 31.2. The van der Waals surface area contributed by atoms with Crippen molar-refractivity contribution in [2.75, 3.05) is 19.1 Å². The molecule has 8 heteroatoms. The van der Waals surface area contributed by atoms with E-state index in [1.807, 2.05) is 0 Å². The number of nitrogens with two attached hydrogens (primary N) is 1. The molecule has 0 bridgehead atoms. The fourth-order valence-electron chi connectivity index (χ4n) is 3.17. The fraction of sp³-hybridized carbons (Fsp3) is 0.217. The molecule has 0 aliphatic carbocycles. The van der Waals surface area contributed by atoms with Crippen LogP contribution in [0.5, 0.6) is 0 Å². The van der Waals surface area contributed by atoms with E-state index in [-0.39, 0.29) is 18.6 Å². The number of Topliss-reactive ketones (excluding diaryl/α,β-unsaturated/α-hetero) is 1. The number of nitrogen functional groups attached to an aromatic ring is 1. The van der Waals surface area contributed by atoms with E-state index < -0.39 is 18.9 Å². The second-order valence-electron chi connectivity index (χ2n) is 7.76. The first-order valence-electron chi connectivity index (χ1n) is 9.52. The van der Waals surface area contributed by atoms with Gasteiger partial charge in [0.1, 0.15) is 18.7 Å². The Kier molecular flexibility index (Phi) is 6.37. The molecule has 31 heavy (non-hydrogen) atoms. The number of hydrogen-bond donors (Lipinski definition) is 1. The molecule has 0 atom stereocenters. The molecule has 0 fully saturated rings. The SMILES string of the molecule is CP(C)(=O)c1cnc(N)c(-c2ccc(CC(=O)Cc3cccc(C(F)(F)F)c3)cc2)c1. The Morgan fingerprint density at radius 2 is 1.65 bits per heavy atom. The highest BCUT2D eigenvalue weighted by Gasteiger charge is 2.30. The lowest BCUT2D eigenvalue weighted by Crippen LogP contribution is -2.09. The van der Waals surface area contributed by atoms with E-state index in [1.165, 1.54) is 18.3 Å². The van der Waals surface area contributed by atoms with Crippen LogP contribution in [-0.2, 0) is 28.4 Å². The molecule has 0 radical (unpaired) electrons. The molecule has 0 saturated carbocycles. The van der Waals surface area contributed by atoms with Gasteiger partial charge < -0.3 is 10.3 Å². The number of carbonyl (C=O) groups excluding carboxylic acids is 1. The molecule has 0 aliphatic rings. The summed E-state index contributed by atoms with van der Waals surface area (Å²) in [6, 6.07) is 13.7. The van der Waals surface area contributed by atoms with E-state index in [1.54, 1.807) is 43.7 Å². The van der Waals surface area contributed by atoms with E-state index in [4.69, 9.17) is 5.73 Å². The largest absolute Gasteiger partial charge is 0.416 e. The molecule has 1 aromatic heterocycles. The molecule has 0 aliphatic heterocycles. The first-order valence-corrected chi connectivity index (χ1v) is 12.1. The number of alkyl halides is 3. The van der Waals surface area contributed by atoms with Crippen LogP contribution in [0.2, 0.25) is 0 Å². The maximum absolute atomic E-state index is 12.8. The van der Waals surface area contributed by atoms with E-state index in [2.05, 4.69) is 4.98 Å². The van der Waals surface area contributed by atoms with Gasteiger partial charge in [-0.3, -0.25) is 4.79 Å². The van der Waals surface area contributed by atoms with E-state index in [0.717, 1.165) is 23.3 Å². The molecule has 0 amide bonds. The zero-order valence-electron chi connectivity index (χ0n) is 17.1. The predicted octanol–water partition coefficient (Wildman–Crippen LogP) is 4.95. The number of aromatic nitrogens is 1. The van der Waals surface area contributed by atoms with Crippen LogP contribution in [0, 0.1) is 0 Å². The Balaban J connectivity index is 1.73. The molecule has 0 saturated heterocycles. The average Bonchev–Trinajstić information content (AvgIpc) is 2.67. The molecule has 3 aromatic rings. The summed E-state index contributed by atoms with van der Waals surface area (Å²) < 4.78 is 50.8. The standard InChI is InChI=1S/C23H22F3N2O2P/c1-31(2,30)20-13-21(22(27)28-14-20)17-8-6-15(7-9-17)11-19(29)12-16-4-3-5-18(10-16)23(24,25)26/h3-10,13-14H,11-12H2,1-2H3,(H2,27,28). The highest BCUT2D eigenvalue weighted by Crippen LogP contribution is 2.36. The van der Waals surface area contributed by atoms with Gasteiger partial charge in [0.2, 0.25) is 0 Å². The van der Waals surface area contributed by atoms with Crippen LogP contribution in [0.25, 0.3) is 11.1 Å². The average molecular weight is 446 g/mol. The van der Waals surface area contributed by atoms with Crippen LogP contribution in [0.1, 0.15) is 16.7 Å². The van der Waals surface area contributed by atoms with Crippen molar-refractivity contribution in [2.45, 2.75) is 19.0 Å². The molecule has 1 heterocycles. The minimum absolute atomic E-state index is 0.0765. The van der Waals surface area contributed by atoms with Gasteiger partial charge in [-0.05, 0) is 42.2 Å². The number of nitrogens with zero attached hydrogens (tertiary/aromatic N) is 1. The first-order chi connectivity index (χ1) is 14.4. The molecule has 3 rings (SSSR count). The van der Waals surface area contributed by atoms with Gasteiger partial charge in [0.25, 0.3) is 0 Å². The third-order valence-electron chi connectivity index (χ3n) is 4.85. The van der Waals surface area contributed by atoms with Crippen molar-refractivity contribution in [1.82, 2.24) is 4.98 Å². The third kappa shape index (κ3) is 5.82. The molecule has 2 aromatic carbocycles. The predicted molar refractivity (Wildman–Crippen MR) is 117 cm³/mol. The zero-order chi connectivity index (χ0) is 22.8. The van der Waals surface area contributed by atoms with Crippen LogP contribution in [0.15, 0.2) is 60.8 Å². The van der Waals surface area contributed by atoms with E-state index >= 15 is 0 Å². The molecule has 162 valence electrons. The van der Waals surface area contributed by atoms with Crippen molar-refractivity contribution < 1.29 is 22.5 Å². The van der Waals surface area contributed by atoms with Gasteiger partial charge in [0.05, 0.1) is 5.56 Å². The van der Waals surface area contributed by atoms with Gasteiger partial charge in [-0.25, -0.2) is 4.98 Å². The van der Waals surface area contributed by atoms with E-state index in [0.29, 0.717) is 22.2 Å². The fourth-order valence-corrected chi connectivity index (χ4v) is 3.94. The van der Waals surface area contributed by atoms with Gasteiger partial charge in [0.15, 0.2) is 0 Å². The quantitative estimate of drug-likeness (QED) is 0.544. The second-order valence-corrected chi connectivity index (χ2v) is 11.0. The summed E-state index contributed by atoms with van der Waals surface area (Å²) >= 11 is 0. The number of ketones is 1. The summed E-state index contributed by atoms with van der Waals surface area (Å²) in [5.74, 6) is 0.124. The first kappa shape index (κ1) is 22.8. The topological polar surface area (TPSA) is 73.1 Å². The van der Waals surface area contributed by atoms with Crippen LogP contribution in [0.3, 0.4) is 0 Å². The lowest BCUT2D eigenvalue weighted by atomic mass is 9.99. The number of halogens is 3. The molecule has 0 spiro atoms. The smallest absolute Gasteiger partial charge is 0.383 e. The molecule has 2 N–H and O–H groups in total. The molecule has 0 unspecified atom stereocenters. The summed E-state index contributed by atoms with van der Waals surface area (Å²) in [5.41, 5.74) is 7.71. The highest BCUT2D eigenvalue weighted by molar-refractivity contribution is 7.70. The summed E-state index contributed by atoms with van der Waals surface area (Å²) in [4.78, 5) is 16.5. The number of anilines is 1. The molecular formula is C23H22F3N2O2P. The van der Waals surface area contributed by atoms with Crippen molar-refractivity contribution >= 4 is 24.0 Å². The van der Waals surface area contributed by atoms with Crippen LogP contribution in [-0.4, -0.2) is 24.1 Å². The number of rotatable bonds is 6. The summed E-state index contributed by atoms with van der Waals surface area (Å²) in [7, 11) is -2.49. The third-order valence-corrected chi connectivity index (χ3v) is 6.34. The summed E-state index contributed by atoms with van der Waals surface area (Å²) in [6.07, 6.45) is -2.90. The molecular weight excluding hydrogens is 424 g/mol. The van der Waals surface area contributed by atoms with Crippen LogP contribution in [0.4, 0.5) is 19.0 Å². The van der Waals surface area contributed by atoms with Gasteiger partial charge in [-0.1, -0.05) is 42.5 Å². The monoisotopic (exact) mass is 446 g/mol. The minimum Gasteiger partial charge on any atom is -0.383 e. The van der Waals surface area contributed by atoms with Crippen molar-refractivity contribution in [3.05, 3.63) is 77.5 Å². The number of carbonyl (C=O) groups is 1. The normalized spacial score (nSPS) is 12.0. The van der Waals surface area contributed by atoms with Gasteiger partial charge in [0, 0.05) is 29.9 Å². The number of pyridine rings is 1. The Morgan fingerprint density at radius 1 is 1.00 bits per heavy atom. The maximum atomic E-state index is 12.8. The van der Waals surface area contributed by atoms with Crippen LogP contribution >= 0.6 is 7.14 Å². The second kappa shape index (κ2) is 8.67. The zero-order valence-corrected chi connectivity index (χ0v) is 18.0. The number of benzene rings is 2. The summed E-state index contributed by atoms with van der Waals surface area (Å²) in [5, 5.41) is 0.622. The Morgan fingerprint density at radius 3 is 2.26 bits per heavy atom. The van der Waals surface area contributed by atoms with E-state index in [9.17, 15) is 22.5 Å². The van der Waals surface area contributed by atoms with Crippen molar-refractivity contribution in [1.29, 1.82) is 0 Å². The van der Waals surface area contributed by atoms with Crippen molar-refractivity contribution in [2.24, 2.45) is 0 Å². The Bertz CT molecular complexity index is 1150.